The fraction of sp³-hybridized carbons (Fsp3) is 0.550. The van der Waals surface area contributed by atoms with E-state index >= 15 is 0 Å². The Morgan fingerprint density at radius 2 is 1.92 bits per heavy atom. The van der Waals surface area contributed by atoms with E-state index in [9.17, 15) is 4.79 Å². The summed E-state index contributed by atoms with van der Waals surface area (Å²) in [4.78, 5) is 16.6. The second-order valence-corrected chi connectivity index (χ2v) is 7.35. The molecule has 1 heterocycles. The Morgan fingerprint density at radius 3 is 2.64 bits per heavy atom. The lowest BCUT2D eigenvalue weighted by molar-refractivity contribution is 0.135. The molecule has 0 unspecified atom stereocenters. The highest BCUT2D eigenvalue weighted by Crippen LogP contribution is 2.20. The van der Waals surface area contributed by atoms with Crippen LogP contribution in [0.15, 0.2) is 35.9 Å². The Labute approximate surface area is 155 Å². The number of nitrogens with one attached hydrogen (secondary N) is 1. The van der Waals surface area contributed by atoms with Crippen LogP contribution in [0.1, 0.15) is 37.7 Å². The molecule has 0 aromatic heterocycles. The van der Waals surface area contributed by atoms with E-state index in [4.69, 9.17) is 11.6 Å². The third-order valence-electron chi connectivity index (χ3n) is 5.12. The molecule has 3 rings (SSSR count). The quantitative estimate of drug-likeness (QED) is 0.803. The number of urea groups is 1. The fourth-order valence-electron chi connectivity index (χ4n) is 3.55. The normalized spacial score (nSPS) is 18.8. The van der Waals surface area contributed by atoms with Gasteiger partial charge in [0.15, 0.2) is 0 Å². The molecule has 1 aromatic rings. The third-order valence-corrected chi connectivity index (χ3v) is 5.49. The van der Waals surface area contributed by atoms with Crippen LogP contribution in [-0.2, 0) is 6.54 Å². The summed E-state index contributed by atoms with van der Waals surface area (Å²) in [5.41, 5.74) is 2.67. The van der Waals surface area contributed by atoms with Crippen LogP contribution in [0.2, 0.25) is 5.02 Å². The van der Waals surface area contributed by atoms with E-state index in [0.717, 1.165) is 56.3 Å². The van der Waals surface area contributed by atoms with E-state index in [1.54, 1.807) is 0 Å². The van der Waals surface area contributed by atoms with Crippen molar-refractivity contribution in [3.8, 4) is 0 Å². The predicted octanol–water partition coefficient (Wildman–Crippen LogP) is 4.06. The Kier molecular flexibility index (Phi) is 6.76. The van der Waals surface area contributed by atoms with E-state index in [0.29, 0.717) is 0 Å². The average molecular weight is 362 g/mol. The van der Waals surface area contributed by atoms with Gasteiger partial charge >= 0.3 is 6.03 Å². The van der Waals surface area contributed by atoms with Gasteiger partial charge in [0, 0.05) is 44.3 Å². The number of amides is 2. The first-order valence-corrected chi connectivity index (χ1v) is 9.76. The molecule has 1 aromatic carbocycles. The molecule has 0 spiro atoms. The molecule has 0 saturated carbocycles. The van der Waals surface area contributed by atoms with E-state index < -0.39 is 0 Å². The molecule has 1 N–H and O–H groups in total. The van der Waals surface area contributed by atoms with Crippen molar-refractivity contribution in [3.63, 3.8) is 0 Å². The summed E-state index contributed by atoms with van der Waals surface area (Å²) in [6, 6.07) is 8.06. The van der Waals surface area contributed by atoms with Crippen LogP contribution in [0, 0.1) is 0 Å². The summed E-state index contributed by atoms with van der Waals surface area (Å²) in [6.45, 7) is 4.94. The van der Waals surface area contributed by atoms with Gasteiger partial charge in [0.1, 0.15) is 0 Å². The number of benzene rings is 1. The summed E-state index contributed by atoms with van der Waals surface area (Å²) < 4.78 is 0. The largest absolute Gasteiger partial charge is 0.338 e. The van der Waals surface area contributed by atoms with Gasteiger partial charge in [0.05, 0.1) is 0 Å². The van der Waals surface area contributed by atoms with Crippen molar-refractivity contribution in [2.45, 2.75) is 38.6 Å². The van der Waals surface area contributed by atoms with Gasteiger partial charge in [0.2, 0.25) is 0 Å². The van der Waals surface area contributed by atoms with Crippen molar-refractivity contribution in [1.82, 2.24) is 15.1 Å². The van der Waals surface area contributed by atoms with Crippen LogP contribution in [0.3, 0.4) is 0 Å². The van der Waals surface area contributed by atoms with Crippen LogP contribution in [0.25, 0.3) is 0 Å². The number of allylic oxidation sites excluding steroid dienone is 1. The molecule has 1 saturated heterocycles. The Bertz CT molecular complexity index is 609. The van der Waals surface area contributed by atoms with E-state index in [1.807, 2.05) is 23.1 Å². The zero-order valence-electron chi connectivity index (χ0n) is 14.8. The number of carbonyl (C=O) groups is 1. The van der Waals surface area contributed by atoms with E-state index in [2.05, 4.69) is 22.4 Å². The van der Waals surface area contributed by atoms with Crippen molar-refractivity contribution < 1.29 is 4.79 Å². The number of rotatable bonds is 5. The maximum atomic E-state index is 12.3. The van der Waals surface area contributed by atoms with Crippen LogP contribution in [0.5, 0.6) is 0 Å². The highest BCUT2D eigenvalue weighted by Gasteiger charge is 2.21. The molecule has 0 bridgehead atoms. The maximum absolute atomic E-state index is 12.3. The number of hydrogen-bond acceptors (Lipinski definition) is 2. The van der Waals surface area contributed by atoms with Crippen molar-refractivity contribution in [1.29, 1.82) is 0 Å². The third kappa shape index (κ3) is 5.48. The first-order valence-electron chi connectivity index (χ1n) is 9.39. The fourth-order valence-corrected chi connectivity index (χ4v) is 3.75. The second kappa shape index (κ2) is 9.25. The van der Waals surface area contributed by atoms with Crippen molar-refractivity contribution in [3.05, 3.63) is 46.5 Å². The van der Waals surface area contributed by atoms with Gasteiger partial charge in [-0.1, -0.05) is 41.4 Å². The second-order valence-electron chi connectivity index (χ2n) is 6.94. The van der Waals surface area contributed by atoms with Gasteiger partial charge in [-0.05, 0) is 43.7 Å². The summed E-state index contributed by atoms with van der Waals surface area (Å²) in [7, 11) is 0. The van der Waals surface area contributed by atoms with Crippen LogP contribution >= 0.6 is 11.6 Å². The minimum absolute atomic E-state index is 0.0776. The Balaban J connectivity index is 1.37. The van der Waals surface area contributed by atoms with Crippen molar-refractivity contribution >= 4 is 17.6 Å². The van der Waals surface area contributed by atoms with Crippen LogP contribution in [0.4, 0.5) is 4.79 Å². The summed E-state index contributed by atoms with van der Waals surface area (Å²) >= 11 is 6.24. The van der Waals surface area contributed by atoms with Gasteiger partial charge in [-0.2, -0.15) is 0 Å². The summed E-state index contributed by atoms with van der Waals surface area (Å²) in [6.07, 6.45) is 8.37. The Morgan fingerprint density at radius 1 is 1.12 bits per heavy atom. The van der Waals surface area contributed by atoms with Gasteiger partial charge in [-0.25, -0.2) is 4.79 Å². The SMILES string of the molecule is O=C(NCCC1=CCCCC1)N1CCN(Cc2ccccc2Cl)CC1. The number of nitrogens with zero attached hydrogens (tertiary/aromatic N) is 2. The Hall–Kier alpha value is -1.52. The molecule has 4 nitrogen and oxygen atoms in total. The molecule has 136 valence electrons. The number of piperazine rings is 1. The monoisotopic (exact) mass is 361 g/mol. The number of halogens is 1. The molecule has 25 heavy (non-hydrogen) atoms. The standard InChI is InChI=1S/C20H28ClN3O/c21-19-9-5-4-8-18(19)16-23-12-14-24(15-13-23)20(25)22-11-10-17-6-2-1-3-7-17/h4-6,8-9H,1-3,7,10-16H2,(H,22,25). The van der Waals surface area contributed by atoms with Crippen LogP contribution < -0.4 is 5.32 Å². The van der Waals surface area contributed by atoms with Gasteiger partial charge in [-0.3, -0.25) is 4.90 Å². The molecular formula is C20H28ClN3O. The lowest BCUT2D eigenvalue weighted by Crippen LogP contribution is -2.51. The van der Waals surface area contributed by atoms with E-state index in [1.165, 1.54) is 31.3 Å². The van der Waals surface area contributed by atoms with E-state index in [-0.39, 0.29) is 6.03 Å². The molecule has 0 atom stereocenters. The lowest BCUT2D eigenvalue weighted by Gasteiger charge is -2.34. The molecule has 1 aliphatic carbocycles. The summed E-state index contributed by atoms with van der Waals surface area (Å²) in [5.74, 6) is 0. The van der Waals surface area contributed by atoms with Crippen LogP contribution in [-0.4, -0.2) is 48.6 Å². The zero-order chi connectivity index (χ0) is 17.5. The van der Waals surface area contributed by atoms with Gasteiger partial charge in [-0.15, -0.1) is 0 Å². The van der Waals surface area contributed by atoms with Crippen molar-refractivity contribution in [2.24, 2.45) is 0 Å². The van der Waals surface area contributed by atoms with Gasteiger partial charge in [0.25, 0.3) is 0 Å². The van der Waals surface area contributed by atoms with Gasteiger partial charge < -0.3 is 10.2 Å². The summed E-state index contributed by atoms with van der Waals surface area (Å²) in [5, 5.41) is 3.90. The number of hydrogen-bond donors (Lipinski definition) is 1. The molecule has 2 aliphatic rings. The minimum atomic E-state index is 0.0776. The highest BCUT2D eigenvalue weighted by molar-refractivity contribution is 6.31. The lowest BCUT2D eigenvalue weighted by atomic mass is 9.97. The zero-order valence-corrected chi connectivity index (χ0v) is 15.6. The minimum Gasteiger partial charge on any atom is -0.338 e. The first-order chi connectivity index (χ1) is 12.2. The average Bonchev–Trinajstić information content (AvgIpc) is 2.65. The maximum Gasteiger partial charge on any atom is 0.317 e. The topological polar surface area (TPSA) is 35.6 Å². The number of carbonyl (C=O) groups excluding carboxylic acids is 1. The van der Waals surface area contributed by atoms with Crippen molar-refractivity contribution in [2.75, 3.05) is 32.7 Å². The smallest absolute Gasteiger partial charge is 0.317 e. The molecule has 5 heteroatoms. The molecule has 1 aliphatic heterocycles. The molecule has 2 amide bonds. The molecule has 1 fully saturated rings. The highest BCUT2D eigenvalue weighted by atomic mass is 35.5. The first kappa shape index (κ1) is 18.3. The molecular weight excluding hydrogens is 334 g/mol. The predicted molar refractivity (Wildman–Crippen MR) is 103 cm³/mol. The molecule has 0 radical (unpaired) electrons.